The maximum atomic E-state index is 12.1. The molecule has 1 amide bonds. The summed E-state index contributed by atoms with van der Waals surface area (Å²) in [6, 6.07) is 8.06. The molecule has 112 valence electrons. The van der Waals surface area contributed by atoms with E-state index >= 15 is 0 Å². The Morgan fingerprint density at radius 1 is 1.43 bits per heavy atom. The topological polar surface area (TPSA) is 67.2 Å². The predicted molar refractivity (Wildman–Crippen MR) is 80.7 cm³/mol. The number of rotatable bonds is 7. The molecule has 1 fully saturated rings. The summed E-state index contributed by atoms with van der Waals surface area (Å²) in [5.74, 6) is 0.619. The molecule has 1 atom stereocenters. The number of aryl methyl sites for hydroxylation is 1. The minimum absolute atomic E-state index is 0.0538. The van der Waals surface area contributed by atoms with Crippen molar-refractivity contribution in [3.05, 3.63) is 30.6 Å². The van der Waals surface area contributed by atoms with Gasteiger partial charge in [0.2, 0.25) is 5.91 Å². The first-order valence-corrected chi connectivity index (χ1v) is 7.58. The third kappa shape index (κ3) is 3.42. The normalized spacial score (nSPS) is 16.0. The Hall–Kier alpha value is -1.88. The molecule has 2 aromatic rings. The number of aliphatic hydroxyl groups excluding tert-OH is 1. The zero-order valence-corrected chi connectivity index (χ0v) is 12.0. The van der Waals surface area contributed by atoms with Crippen molar-refractivity contribution in [1.82, 2.24) is 14.9 Å². The fraction of sp³-hybridized carbons (Fsp3) is 0.500. The van der Waals surface area contributed by atoms with Crippen molar-refractivity contribution in [3.63, 3.8) is 0 Å². The van der Waals surface area contributed by atoms with Gasteiger partial charge in [-0.05, 0) is 37.3 Å². The van der Waals surface area contributed by atoms with Crippen LogP contribution in [0.2, 0.25) is 0 Å². The van der Waals surface area contributed by atoms with Gasteiger partial charge >= 0.3 is 0 Å². The van der Waals surface area contributed by atoms with E-state index in [9.17, 15) is 4.79 Å². The average molecular weight is 287 g/mol. The second-order valence-electron chi connectivity index (χ2n) is 5.70. The molecule has 3 rings (SSSR count). The van der Waals surface area contributed by atoms with Crippen LogP contribution in [0.3, 0.4) is 0 Å². The summed E-state index contributed by atoms with van der Waals surface area (Å²) in [7, 11) is 0. The van der Waals surface area contributed by atoms with Crippen LogP contribution in [0.25, 0.3) is 11.0 Å². The minimum Gasteiger partial charge on any atom is -0.396 e. The summed E-state index contributed by atoms with van der Waals surface area (Å²) in [6.07, 6.45) is 5.21. The average Bonchev–Trinajstić information content (AvgIpc) is 3.26. The Kier molecular flexibility index (Phi) is 4.20. The minimum atomic E-state index is 0.0538. The fourth-order valence-corrected chi connectivity index (χ4v) is 2.75. The van der Waals surface area contributed by atoms with Gasteiger partial charge in [0, 0.05) is 25.6 Å². The van der Waals surface area contributed by atoms with Crippen molar-refractivity contribution in [1.29, 1.82) is 0 Å². The maximum Gasteiger partial charge on any atom is 0.222 e. The fourth-order valence-electron chi connectivity index (χ4n) is 2.75. The highest BCUT2D eigenvalue weighted by Crippen LogP contribution is 2.33. The molecular weight excluding hydrogens is 266 g/mol. The molecule has 5 heteroatoms. The SMILES string of the molecule is O=C(CCn1cnc2ccccc21)NC(CCO)C1CC1. The first-order chi connectivity index (χ1) is 10.3. The molecule has 1 aromatic heterocycles. The van der Waals surface area contributed by atoms with Gasteiger partial charge in [-0.1, -0.05) is 12.1 Å². The van der Waals surface area contributed by atoms with Crippen molar-refractivity contribution < 1.29 is 9.90 Å². The molecule has 2 N–H and O–H groups in total. The maximum absolute atomic E-state index is 12.1. The highest BCUT2D eigenvalue weighted by atomic mass is 16.3. The molecule has 1 unspecified atom stereocenters. The summed E-state index contributed by atoms with van der Waals surface area (Å²) in [4.78, 5) is 16.4. The monoisotopic (exact) mass is 287 g/mol. The van der Waals surface area contributed by atoms with Gasteiger partial charge in [0.25, 0.3) is 0 Å². The lowest BCUT2D eigenvalue weighted by Gasteiger charge is -2.17. The number of nitrogens with zero attached hydrogens (tertiary/aromatic N) is 2. The lowest BCUT2D eigenvalue weighted by molar-refractivity contribution is -0.122. The van der Waals surface area contributed by atoms with Gasteiger partial charge in [0.15, 0.2) is 0 Å². The van der Waals surface area contributed by atoms with Gasteiger partial charge in [0.1, 0.15) is 0 Å². The van der Waals surface area contributed by atoms with Crippen LogP contribution in [0.5, 0.6) is 0 Å². The molecule has 1 aromatic carbocycles. The van der Waals surface area contributed by atoms with E-state index < -0.39 is 0 Å². The molecule has 0 spiro atoms. The van der Waals surface area contributed by atoms with Crippen molar-refractivity contribution in [2.24, 2.45) is 5.92 Å². The van der Waals surface area contributed by atoms with E-state index in [0.717, 1.165) is 23.9 Å². The van der Waals surface area contributed by atoms with E-state index in [0.29, 0.717) is 25.3 Å². The summed E-state index contributed by atoms with van der Waals surface area (Å²) >= 11 is 0. The predicted octanol–water partition coefficient (Wildman–Crippen LogP) is 1.70. The zero-order chi connectivity index (χ0) is 14.7. The number of fused-ring (bicyclic) bond motifs is 1. The second-order valence-corrected chi connectivity index (χ2v) is 5.70. The van der Waals surface area contributed by atoms with E-state index in [2.05, 4.69) is 10.3 Å². The van der Waals surface area contributed by atoms with Gasteiger partial charge in [0.05, 0.1) is 17.4 Å². The summed E-state index contributed by atoms with van der Waals surface area (Å²) in [5.41, 5.74) is 2.01. The Morgan fingerprint density at radius 3 is 3.00 bits per heavy atom. The number of carbonyl (C=O) groups is 1. The van der Waals surface area contributed by atoms with Crippen molar-refractivity contribution >= 4 is 16.9 Å². The van der Waals surface area contributed by atoms with E-state index in [1.165, 1.54) is 0 Å². The van der Waals surface area contributed by atoms with Gasteiger partial charge in [-0.2, -0.15) is 0 Å². The standard InChI is InChI=1S/C16H21N3O2/c20-10-8-13(12-5-6-12)18-16(21)7-9-19-11-17-14-3-1-2-4-15(14)19/h1-4,11-13,20H,5-10H2,(H,18,21). The number of nitrogens with one attached hydrogen (secondary N) is 1. The van der Waals surface area contributed by atoms with Gasteiger partial charge in [-0.25, -0.2) is 4.98 Å². The van der Waals surface area contributed by atoms with Crippen LogP contribution < -0.4 is 5.32 Å². The molecule has 5 nitrogen and oxygen atoms in total. The van der Waals surface area contributed by atoms with E-state index in [-0.39, 0.29) is 18.6 Å². The quantitative estimate of drug-likeness (QED) is 0.814. The van der Waals surface area contributed by atoms with E-state index in [1.54, 1.807) is 6.33 Å². The third-order valence-corrected chi connectivity index (χ3v) is 4.08. The van der Waals surface area contributed by atoms with Gasteiger partial charge in [-0.15, -0.1) is 0 Å². The first kappa shape index (κ1) is 14.1. The Balaban J connectivity index is 1.55. The second kappa shape index (κ2) is 6.26. The highest BCUT2D eigenvalue weighted by molar-refractivity contribution is 5.77. The van der Waals surface area contributed by atoms with Crippen molar-refractivity contribution in [2.45, 2.75) is 38.3 Å². The van der Waals surface area contributed by atoms with Crippen LogP contribution >= 0.6 is 0 Å². The first-order valence-electron chi connectivity index (χ1n) is 7.58. The van der Waals surface area contributed by atoms with Crippen LogP contribution in [0.1, 0.15) is 25.7 Å². The van der Waals surface area contributed by atoms with Crippen molar-refractivity contribution in [2.75, 3.05) is 6.61 Å². The van der Waals surface area contributed by atoms with E-state index in [1.807, 2.05) is 28.8 Å². The number of benzene rings is 1. The number of hydrogen-bond donors (Lipinski definition) is 2. The van der Waals surface area contributed by atoms with Crippen LogP contribution in [0.15, 0.2) is 30.6 Å². The summed E-state index contributed by atoms with van der Waals surface area (Å²) in [5, 5.41) is 12.1. The van der Waals surface area contributed by atoms with Gasteiger partial charge < -0.3 is 15.0 Å². The molecule has 21 heavy (non-hydrogen) atoms. The molecular formula is C16H21N3O2. The van der Waals surface area contributed by atoms with Gasteiger partial charge in [-0.3, -0.25) is 4.79 Å². The number of imidazole rings is 1. The molecule has 1 saturated carbocycles. The number of carbonyl (C=O) groups excluding carboxylic acids is 1. The lowest BCUT2D eigenvalue weighted by Crippen LogP contribution is -2.37. The Bertz CT molecular complexity index is 619. The third-order valence-electron chi connectivity index (χ3n) is 4.08. The van der Waals surface area contributed by atoms with Crippen LogP contribution in [0, 0.1) is 5.92 Å². The molecule has 0 bridgehead atoms. The van der Waals surface area contributed by atoms with E-state index in [4.69, 9.17) is 5.11 Å². The highest BCUT2D eigenvalue weighted by Gasteiger charge is 2.31. The lowest BCUT2D eigenvalue weighted by atomic mass is 10.1. The van der Waals surface area contributed by atoms with Crippen LogP contribution in [-0.4, -0.2) is 33.2 Å². The Labute approximate surface area is 124 Å². The molecule has 1 heterocycles. The number of para-hydroxylation sites is 2. The number of amides is 1. The summed E-state index contributed by atoms with van der Waals surface area (Å²) in [6.45, 7) is 0.760. The summed E-state index contributed by atoms with van der Waals surface area (Å²) < 4.78 is 2.01. The molecule has 1 aliphatic carbocycles. The molecule has 0 radical (unpaired) electrons. The Morgan fingerprint density at radius 2 is 2.24 bits per heavy atom. The molecule has 0 aliphatic heterocycles. The van der Waals surface area contributed by atoms with Crippen molar-refractivity contribution in [3.8, 4) is 0 Å². The van der Waals surface area contributed by atoms with Crippen LogP contribution in [0.4, 0.5) is 0 Å². The number of aromatic nitrogens is 2. The molecule has 1 aliphatic rings. The zero-order valence-electron chi connectivity index (χ0n) is 12.0. The molecule has 0 saturated heterocycles. The number of hydrogen-bond acceptors (Lipinski definition) is 3. The largest absolute Gasteiger partial charge is 0.396 e. The number of aliphatic hydroxyl groups is 1. The van der Waals surface area contributed by atoms with Crippen LogP contribution in [-0.2, 0) is 11.3 Å². The smallest absolute Gasteiger partial charge is 0.222 e.